The van der Waals surface area contributed by atoms with Gasteiger partial charge in [0.1, 0.15) is 0 Å². The van der Waals surface area contributed by atoms with E-state index in [0.717, 1.165) is 25.8 Å². The Hall–Kier alpha value is -1.10. The van der Waals surface area contributed by atoms with Crippen LogP contribution in [0.5, 0.6) is 0 Å². The minimum Gasteiger partial charge on any atom is -0.370 e. The van der Waals surface area contributed by atoms with Crippen molar-refractivity contribution in [1.82, 2.24) is 4.90 Å². The second-order valence-electron chi connectivity index (χ2n) is 4.49. The van der Waals surface area contributed by atoms with Gasteiger partial charge in [-0.15, -0.1) is 0 Å². The first kappa shape index (κ1) is 13.0. The van der Waals surface area contributed by atoms with E-state index in [1.54, 1.807) is 4.90 Å². The monoisotopic (exact) mass is 227 g/mol. The maximum Gasteiger partial charge on any atom is 0.226 e. The summed E-state index contributed by atoms with van der Waals surface area (Å²) in [6.07, 6.45) is 3.19. The van der Waals surface area contributed by atoms with E-state index in [0.29, 0.717) is 6.54 Å². The van der Waals surface area contributed by atoms with Gasteiger partial charge in [0.05, 0.1) is 0 Å². The SMILES string of the molecule is CC(CN)C(=O)N1CCCCC1CC(N)=O. The van der Waals surface area contributed by atoms with E-state index < -0.39 is 0 Å². The minimum atomic E-state index is -0.342. The van der Waals surface area contributed by atoms with Crippen LogP contribution in [0.3, 0.4) is 0 Å². The zero-order valence-electron chi connectivity index (χ0n) is 9.82. The highest BCUT2D eigenvalue weighted by atomic mass is 16.2. The van der Waals surface area contributed by atoms with Crippen molar-refractivity contribution >= 4 is 11.8 Å². The Bertz CT molecular complexity index is 268. The van der Waals surface area contributed by atoms with Gasteiger partial charge in [0.15, 0.2) is 0 Å². The zero-order valence-corrected chi connectivity index (χ0v) is 9.82. The Morgan fingerprint density at radius 2 is 2.12 bits per heavy atom. The van der Waals surface area contributed by atoms with E-state index in [9.17, 15) is 9.59 Å². The van der Waals surface area contributed by atoms with Crippen LogP contribution >= 0.6 is 0 Å². The molecule has 1 rings (SSSR count). The molecule has 5 heteroatoms. The van der Waals surface area contributed by atoms with E-state index in [4.69, 9.17) is 11.5 Å². The predicted octanol–water partition coefficient (Wildman–Crippen LogP) is -0.162. The fourth-order valence-corrected chi connectivity index (χ4v) is 2.12. The van der Waals surface area contributed by atoms with Gasteiger partial charge >= 0.3 is 0 Å². The second kappa shape index (κ2) is 5.84. The molecule has 5 nitrogen and oxygen atoms in total. The van der Waals surface area contributed by atoms with E-state index in [1.165, 1.54) is 0 Å². The van der Waals surface area contributed by atoms with Gasteiger partial charge in [-0.3, -0.25) is 9.59 Å². The molecule has 0 aromatic carbocycles. The molecule has 2 amide bonds. The molecule has 1 heterocycles. The molecule has 2 atom stereocenters. The molecule has 1 saturated heterocycles. The fourth-order valence-electron chi connectivity index (χ4n) is 2.12. The molecule has 2 unspecified atom stereocenters. The third-order valence-electron chi connectivity index (χ3n) is 3.12. The first-order valence-electron chi connectivity index (χ1n) is 5.85. The minimum absolute atomic E-state index is 0.0206. The number of rotatable bonds is 4. The third-order valence-corrected chi connectivity index (χ3v) is 3.12. The highest BCUT2D eigenvalue weighted by Gasteiger charge is 2.29. The molecule has 0 aromatic rings. The van der Waals surface area contributed by atoms with Crippen LogP contribution in [0.15, 0.2) is 0 Å². The first-order valence-corrected chi connectivity index (χ1v) is 5.85. The average molecular weight is 227 g/mol. The summed E-state index contributed by atoms with van der Waals surface area (Å²) in [6, 6.07) is -0.0206. The van der Waals surface area contributed by atoms with Gasteiger partial charge in [-0.1, -0.05) is 6.92 Å². The maximum atomic E-state index is 12.0. The number of amides is 2. The lowest BCUT2D eigenvalue weighted by molar-refractivity contribution is -0.139. The van der Waals surface area contributed by atoms with Crippen LogP contribution in [0.2, 0.25) is 0 Å². The largest absolute Gasteiger partial charge is 0.370 e. The van der Waals surface area contributed by atoms with Crippen molar-refractivity contribution in [2.24, 2.45) is 17.4 Å². The third kappa shape index (κ3) is 3.20. The lowest BCUT2D eigenvalue weighted by atomic mass is 9.97. The summed E-state index contributed by atoms with van der Waals surface area (Å²) in [5.41, 5.74) is 10.7. The molecule has 1 aliphatic heterocycles. The summed E-state index contributed by atoms with van der Waals surface area (Å²) in [6.45, 7) is 2.89. The van der Waals surface area contributed by atoms with Crippen LogP contribution in [-0.2, 0) is 9.59 Å². The Kier molecular flexibility index (Phi) is 4.73. The highest BCUT2D eigenvalue weighted by molar-refractivity contribution is 5.80. The molecule has 0 saturated carbocycles. The van der Waals surface area contributed by atoms with Crippen LogP contribution in [-0.4, -0.2) is 35.8 Å². The van der Waals surface area contributed by atoms with Crippen molar-refractivity contribution in [3.63, 3.8) is 0 Å². The molecule has 0 aliphatic carbocycles. The lowest BCUT2D eigenvalue weighted by Crippen LogP contribution is -2.48. The van der Waals surface area contributed by atoms with Crippen LogP contribution in [0, 0.1) is 5.92 Å². The molecule has 4 N–H and O–H groups in total. The molecule has 1 aliphatic rings. The van der Waals surface area contributed by atoms with Gasteiger partial charge < -0.3 is 16.4 Å². The molecule has 0 radical (unpaired) electrons. The molecular weight excluding hydrogens is 206 g/mol. The van der Waals surface area contributed by atoms with E-state index in [1.807, 2.05) is 6.92 Å². The fraction of sp³-hybridized carbons (Fsp3) is 0.818. The number of nitrogens with zero attached hydrogens (tertiary/aromatic N) is 1. The quantitative estimate of drug-likeness (QED) is 0.699. The van der Waals surface area contributed by atoms with Crippen molar-refractivity contribution < 1.29 is 9.59 Å². The van der Waals surface area contributed by atoms with Gasteiger partial charge in [0, 0.05) is 31.5 Å². The topological polar surface area (TPSA) is 89.4 Å². The van der Waals surface area contributed by atoms with Crippen LogP contribution in [0.4, 0.5) is 0 Å². The normalized spacial score (nSPS) is 22.9. The molecular formula is C11H21N3O2. The van der Waals surface area contributed by atoms with Crippen molar-refractivity contribution in [3.05, 3.63) is 0 Å². The van der Waals surface area contributed by atoms with Gasteiger partial charge in [-0.25, -0.2) is 0 Å². The molecule has 92 valence electrons. The standard InChI is InChI=1S/C11H21N3O2/c1-8(7-12)11(16)14-5-3-2-4-9(14)6-10(13)15/h8-9H,2-7,12H2,1H3,(H2,13,15). The Morgan fingerprint density at radius 3 is 2.69 bits per heavy atom. The molecule has 1 fully saturated rings. The number of hydrogen-bond acceptors (Lipinski definition) is 3. The summed E-state index contributed by atoms with van der Waals surface area (Å²) in [5, 5.41) is 0. The van der Waals surface area contributed by atoms with Crippen molar-refractivity contribution in [2.75, 3.05) is 13.1 Å². The van der Waals surface area contributed by atoms with Crippen molar-refractivity contribution in [2.45, 2.75) is 38.6 Å². The smallest absolute Gasteiger partial charge is 0.226 e. The van der Waals surface area contributed by atoms with Crippen molar-refractivity contribution in [1.29, 1.82) is 0 Å². The summed E-state index contributed by atoms with van der Waals surface area (Å²) < 4.78 is 0. The number of nitrogens with two attached hydrogens (primary N) is 2. The predicted molar refractivity (Wildman–Crippen MR) is 61.4 cm³/mol. The van der Waals surface area contributed by atoms with Crippen LogP contribution in [0.1, 0.15) is 32.6 Å². The molecule has 0 aromatic heterocycles. The van der Waals surface area contributed by atoms with E-state index in [2.05, 4.69) is 0 Å². The number of carbonyl (C=O) groups excluding carboxylic acids is 2. The average Bonchev–Trinajstić information content (AvgIpc) is 2.27. The van der Waals surface area contributed by atoms with Crippen LogP contribution in [0.25, 0.3) is 0 Å². The highest BCUT2D eigenvalue weighted by Crippen LogP contribution is 2.21. The van der Waals surface area contributed by atoms with Gasteiger partial charge in [-0.2, -0.15) is 0 Å². The molecule has 0 bridgehead atoms. The number of piperidine rings is 1. The van der Waals surface area contributed by atoms with Gasteiger partial charge in [0.25, 0.3) is 0 Å². The number of hydrogen-bond donors (Lipinski definition) is 2. The number of primary amides is 1. The van der Waals surface area contributed by atoms with Gasteiger partial charge in [0.2, 0.25) is 11.8 Å². The lowest BCUT2D eigenvalue weighted by Gasteiger charge is -2.36. The summed E-state index contributed by atoms with van der Waals surface area (Å²) >= 11 is 0. The number of likely N-dealkylation sites (tertiary alicyclic amines) is 1. The van der Waals surface area contributed by atoms with Crippen LogP contribution < -0.4 is 11.5 Å². The Morgan fingerprint density at radius 1 is 1.44 bits per heavy atom. The Labute approximate surface area is 96.1 Å². The van der Waals surface area contributed by atoms with E-state index in [-0.39, 0.29) is 30.2 Å². The number of carbonyl (C=O) groups is 2. The second-order valence-corrected chi connectivity index (χ2v) is 4.49. The zero-order chi connectivity index (χ0) is 12.1. The summed E-state index contributed by atoms with van der Waals surface area (Å²) in [5.74, 6) is -0.466. The van der Waals surface area contributed by atoms with E-state index >= 15 is 0 Å². The molecule has 0 spiro atoms. The Balaban J connectivity index is 2.65. The van der Waals surface area contributed by atoms with Crippen molar-refractivity contribution in [3.8, 4) is 0 Å². The summed E-state index contributed by atoms with van der Waals surface area (Å²) in [7, 11) is 0. The first-order chi connectivity index (χ1) is 7.56. The maximum absolute atomic E-state index is 12.0. The summed E-state index contributed by atoms with van der Waals surface area (Å²) in [4.78, 5) is 24.7. The van der Waals surface area contributed by atoms with Gasteiger partial charge in [-0.05, 0) is 19.3 Å². The molecule has 16 heavy (non-hydrogen) atoms.